The van der Waals surface area contributed by atoms with Crippen molar-refractivity contribution in [3.05, 3.63) is 71.8 Å². The average Bonchev–Trinajstić information content (AvgIpc) is 3.16. The van der Waals surface area contributed by atoms with Gasteiger partial charge < -0.3 is 10.0 Å². The number of halogens is 2. The Morgan fingerprint density at radius 2 is 1.84 bits per heavy atom. The molecule has 0 amide bonds. The Bertz CT molecular complexity index is 1040. The van der Waals surface area contributed by atoms with Gasteiger partial charge in [0.15, 0.2) is 0 Å². The number of alkyl halides is 2. The van der Waals surface area contributed by atoms with Crippen LogP contribution in [-0.4, -0.2) is 56.3 Å². The lowest BCUT2D eigenvalue weighted by Gasteiger charge is -2.31. The van der Waals surface area contributed by atoms with Crippen molar-refractivity contribution in [1.82, 2.24) is 19.7 Å². The number of benzene rings is 1. The minimum Gasteiger partial charge on any atom is -0.478 e. The predicted octanol–water partition coefficient (Wildman–Crippen LogP) is 3.97. The molecule has 0 aliphatic carbocycles. The predicted molar refractivity (Wildman–Crippen MR) is 112 cm³/mol. The summed E-state index contributed by atoms with van der Waals surface area (Å²) >= 11 is 0. The zero-order valence-electron chi connectivity index (χ0n) is 17.0. The number of nitrogens with zero attached hydrogens (tertiary/aromatic N) is 4. The van der Waals surface area contributed by atoms with E-state index in [1.807, 2.05) is 46.1 Å². The minimum atomic E-state index is -2.55. The van der Waals surface area contributed by atoms with Gasteiger partial charge in [0, 0.05) is 63.1 Å². The molecule has 31 heavy (non-hydrogen) atoms. The minimum absolute atomic E-state index is 0.106. The first kappa shape index (κ1) is 21.1. The number of aromatic nitrogens is 3. The van der Waals surface area contributed by atoms with Gasteiger partial charge in [-0.2, -0.15) is 5.10 Å². The third-order valence-electron chi connectivity index (χ3n) is 5.65. The molecule has 0 unspecified atom stereocenters. The summed E-state index contributed by atoms with van der Waals surface area (Å²) in [5.41, 5.74) is 3.47. The van der Waals surface area contributed by atoms with E-state index in [2.05, 4.69) is 4.98 Å². The average molecular weight is 426 g/mol. The monoisotopic (exact) mass is 426 g/mol. The molecule has 3 aromatic rings. The van der Waals surface area contributed by atoms with Crippen molar-refractivity contribution in [2.75, 3.05) is 19.6 Å². The van der Waals surface area contributed by atoms with Gasteiger partial charge in [0.1, 0.15) is 0 Å². The van der Waals surface area contributed by atoms with E-state index in [4.69, 9.17) is 5.10 Å². The van der Waals surface area contributed by atoms with Gasteiger partial charge >= 0.3 is 5.97 Å². The number of pyridine rings is 1. The van der Waals surface area contributed by atoms with E-state index in [0.717, 1.165) is 16.8 Å². The van der Waals surface area contributed by atoms with Gasteiger partial charge in [-0.15, -0.1) is 0 Å². The lowest BCUT2D eigenvalue weighted by atomic mass is 10.00. The van der Waals surface area contributed by atoms with Crippen molar-refractivity contribution in [2.45, 2.75) is 31.7 Å². The summed E-state index contributed by atoms with van der Waals surface area (Å²) in [5.74, 6) is -3.55. The fourth-order valence-electron chi connectivity index (χ4n) is 3.87. The third kappa shape index (κ3) is 5.14. The SMILES string of the molecule is O=C(O)c1ccncc1Cc1nn(CCN2CCC(F)(F)CC2)cc1-c1ccccc1. The fraction of sp³-hybridized carbons (Fsp3) is 0.348. The van der Waals surface area contributed by atoms with E-state index in [-0.39, 0.29) is 18.4 Å². The summed E-state index contributed by atoms with van der Waals surface area (Å²) in [4.78, 5) is 17.7. The van der Waals surface area contributed by atoms with Crippen molar-refractivity contribution in [2.24, 2.45) is 0 Å². The highest BCUT2D eigenvalue weighted by Crippen LogP contribution is 2.28. The number of carboxylic acids is 1. The normalized spacial score (nSPS) is 16.3. The summed E-state index contributed by atoms with van der Waals surface area (Å²) in [6, 6.07) is 11.3. The maximum atomic E-state index is 13.4. The van der Waals surface area contributed by atoms with Crippen LogP contribution in [0.4, 0.5) is 8.78 Å². The van der Waals surface area contributed by atoms with Gasteiger partial charge in [0.05, 0.1) is 17.8 Å². The lowest BCUT2D eigenvalue weighted by molar-refractivity contribution is -0.0555. The maximum Gasteiger partial charge on any atom is 0.336 e. The number of aromatic carboxylic acids is 1. The Balaban J connectivity index is 1.56. The number of hydrogen-bond donors (Lipinski definition) is 1. The summed E-state index contributed by atoms with van der Waals surface area (Å²) in [5, 5.41) is 14.2. The first-order valence-corrected chi connectivity index (χ1v) is 10.3. The van der Waals surface area contributed by atoms with Crippen molar-refractivity contribution in [3.63, 3.8) is 0 Å². The van der Waals surface area contributed by atoms with E-state index in [9.17, 15) is 18.7 Å². The molecule has 3 heterocycles. The van der Waals surface area contributed by atoms with Crippen molar-refractivity contribution < 1.29 is 18.7 Å². The second-order valence-corrected chi connectivity index (χ2v) is 7.83. The molecule has 4 rings (SSSR count). The molecule has 8 heteroatoms. The molecular formula is C23H24F2N4O2. The largest absolute Gasteiger partial charge is 0.478 e. The van der Waals surface area contributed by atoms with Crippen LogP contribution in [0.1, 0.15) is 34.5 Å². The number of piperidine rings is 1. The van der Waals surface area contributed by atoms with Gasteiger partial charge in [-0.25, -0.2) is 13.6 Å². The molecule has 1 aliphatic rings. The van der Waals surface area contributed by atoms with Crippen LogP contribution < -0.4 is 0 Å². The molecule has 1 N–H and O–H groups in total. The quantitative estimate of drug-likeness (QED) is 0.619. The molecule has 0 spiro atoms. The Hall–Kier alpha value is -3.13. The van der Waals surface area contributed by atoms with Crippen molar-refractivity contribution in [3.8, 4) is 11.1 Å². The maximum absolute atomic E-state index is 13.4. The van der Waals surface area contributed by atoms with E-state index in [1.165, 1.54) is 12.3 Å². The second kappa shape index (κ2) is 8.93. The van der Waals surface area contributed by atoms with Gasteiger partial charge in [0.25, 0.3) is 5.92 Å². The summed E-state index contributed by atoms with van der Waals surface area (Å²) in [7, 11) is 0. The second-order valence-electron chi connectivity index (χ2n) is 7.83. The van der Waals surface area contributed by atoms with Gasteiger partial charge in [0.2, 0.25) is 0 Å². The first-order chi connectivity index (χ1) is 14.9. The van der Waals surface area contributed by atoms with Crippen molar-refractivity contribution in [1.29, 1.82) is 0 Å². The molecule has 0 bridgehead atoms. The standard InChI is InChI=1S/C23H24F2N4O2/c24-23(25)7-10-28(11-8-23)12-13-29-16-20(17-4-2-1-3-5-17)21(27-29)14-18-15-26-9-6-19(18)22(30)31/h1-6,9,15-16H,7-8,10-14H2,(H,30,31). The van der Waals surface area contributed by atoms with Crippen LogP contribution in [0.5, 0.6) is 0 Å². The first-order valence-electron chi connectivity index (χ1n) is 10.3. The number of carbonyl (C=O) groups is 1. The van der Waals surface area contributed by atoms with Crippen molar-refractivity contribution >= 4 is 5.97 Å². The molecule has 0 saturated carbocycles. The van der Waals surface area contributed by atoms with Gasteiger partial charge in [-0.05, 0) is 17.2 Å². The summed E-state index contributed by atoms with van der Waals surface area (Å²) in [6.45, 7) is 1.97. The Kier molecular flexibility index (Phi) is 6.08. The molecule has 162 valence electrons. The molecular weight excluding hydrogens is 402 g/mol. The topological polar surface area (TPSA) is 71.2 Å². The van der Waals surface area contributed by atoms with Gasteiger partial charge in [-0.3, -0.25) is 9.67 Å². The molecule has 2 aromatic heterocycles. The molecule has 1 saturated heterocycles. The van der Waals surface area contributed by atoms with Crippen LogP contribution in [0.15, 0.2) is 55.0 Å². The van der Waals surface area contributed by atoms with E-state index in [0.29, 0.717) is 38.2 Å². The molecule has 6 nitrogen and oxygen atoms in total. The van der Waals surface area contributed by atoms with Crippen LogP contribution in [0.3, 0.4) is 0 Å². The molecule has 1 aromatic carbocycles. The van der Waals surface area contributed by atoms with Crippen LogP contribution in [0.25, 0.3) is 11.1 Å². The Morgan fingerprint density at radius 3 is 2.55 bits per heavy atom. The fourth-order valence-corrected chi connectivity index (χ4v) is 3.87. The van der Waals surface area contributed by atoms with Gasteiger partial charge in [-0.1, -0.05) is 30.3 Å². The molecule has 1 fully saturated rings. The number of likely N-dealkylation sites (tertiary alicyclic amines) is 1. The van der Waals surface area contributed by atoms with E-state index >= 15 is 0 Å². The number of rotatable bonds is 7. The highest BCUT2D eigenvalue weighted by molar-refractivity contribution is 5.89. The van der Waals surface area contributed by atoms with Crippen LogP contribution in [0.2, 0.25) is 0 Å². The molecule has 1 aliphatic heterocycles. The molecule has 0 radical (unpaired) electrons. The molecule has 0 atom stereocenters. The highest BCUT2D eigenvalue weighted by atomic mass is 19.3. The van der Waals surface area contributed by atoms with E-state index < -0.39 is 11.9 Å². The lowest BCUT2D eigenvalue weighted by Crippen LogP contribution is -2.40. The zero-order chi connectivity index (χ0) is 21.8. The summed E-state index contributed by atoms with van der Waals surface area (Å²) in [6.07, 6.45) is 5.09. The van der Waals surface area contributed by atoms with Crippen LogP contribution >= 0.6 is 0 Å². The van der Waals surface area contributed by atoms with E-state index in [1.54, 1.807) is 6.20 Å². The highest BCUT2D eigenvalue weighted by Gasteiger charge is 2.33. The zero-order valence-corrected chi connectivity index (χ0v) is 17.0. The Morgan fingerprint density at radius 1 is 1.10 bits per heavy atom. The Labute approximate surface area is 179 Å². The number of carboxylic acid groups (broad SMARTS) is 1. The number of hydrogen-bond acceptors (Lipinski definition) is 4. The van der Waals surface area contributed by atoms with Crippen LogP contribution in [0, 0.1) is 0 Å². The summed E-state index contributed by atoms with van der Waals surface area (Å²) < 4.78 is 28.6. The van der Waals surface area contributed by atoms with Crippen LogP contribution in [-0.2, 0) is 13.0 Å². The third-order valence-corrected chi connectivity index (χ3v) is 5.65. The smallest absolute Gasteiger partial charge is 0.336 e.